The van der Waals surface area contributed by atoms with Crippen molar-refractivity contribution in [3.05, 3.63) is 53.1 Å². The van der Waals surface area contributed by atoms with E-state index in [-0.39, 0.29) is 0 Å². The van der Waals surface area contributed by atoms with Crippen LogP contribution in [-0.2, 0) is 6.54 Å². The van der Waals surface area contributed by atoms with Crippen molar-refractivity contribution in [1.82, 2.24) is 0 Å². The second-order valence-corrected chi connectivity index (χ2v) is 5.38. The molecule has 4 nitrogen and oxygen atoms in total. The molecule has 1 aliphatic heterocycles. The average Bonchev–Trinajstić information content (AvgIpc) is 2.55. The molecule has 1 heterocycles. The topological polar surface area (TPSA) is 45.5 Å². The summed E-state index contributed by atoms with van der Waals surface area (Å²) in [6.07, 6.45) is 0. The van der Waals surface area contributed by atoms with Gasteiger partial charge in [-0.25, -0.2) is 0 Å². The Morgan fingerprint density at radius 1 is 1.27 bits per heavy atom. The molecule has 0 unspecified atom stereocenters. The van der Waals surface area contributed by atoms with E-state index in [4.69, 9.17) is 14.7 Å². The van der Waals surface area contributed by atoms with E-state index in [0.29, 0.717) is 12.2 Å². The van der Waals surface area contributed by atoms with E-state index < -0.39 is 0 Å². The first kappa shape index (κ1) is 14.3. The van der Waals surface area contributed by atoms with Crippen molar-refractivity contribution in [3.8, 4) is 17.6 Å². The number of fused-ring (bicyclic) bond motifs is 1. The number of hydrogen-bond acceptors (Lipinski definition) is 4. The molecule has 0 aromatic heterocycles. The standard InChI is InChI=1S/C18H18N2O2/c1-13-3-6-16-18(9-13)22-8-7-20(16)12-15-5-4-14(11-19)10-17(15)21-2/h3-6,9-10H,7-8,12H2,1-2H3. The summed E-state index contributed by atoms with van der Waals surface area (Å²) in [5.74, 6) is 1.68. The van der Waals surface area contributed by atoms with Crippen molar-refractivity contribution in [3.63, 3.8) is 0 Å². The van der Waals surface area contributed by atoms with Gasteiger partial charge in [0.2, 0.25) is 0 Å². The summed E-state index contributed by atoms with van der Waals surface area (Å²) in [6, 6.07) is 14.0. The van der Waals surface area contributed by atoms with E-state index in [1.807, 2.05) is 12.1 Å². The molecule has 0 N–H and O–H groups in total. The zero-order valence-corrected chi connectivity index (χ0v) is 12.8. The van der Waals surface area contributed by atoms with E-state index in [1.54, 1.807) is 13.2 Å². The van der Waals surface area contributed by atoms with Gasteiger partial charge in [-0.1, -0.05) is 12.1 Å². The predicted molar refractivity (Wildman–Crippen MR) is 85.4 cm³/mol. The molecule has 2 aromatic rings. The van der Waals surface area contributed by atoms with Crippen LogP contribution >= 0.6 is 0 Å². The van der Waals surface area contributed by atoms with Gasteiger partial charge in [0.05, 0.1) is 31.0 Å². The molecule has 0 saturated carbocycles. The lowest BCUT2D eigenvalue weighted by molar-refractivity contribution is 0.306. The molecule has 0 spiro atoms. The van der Waals surface area contributed by atoms with Crippen molar-refractivity contribution in [2.24, 2.45) is 0 Å². The third kappa shape index (κ3) is 2.71. The summed E-state index contributed by atoms with van der Waals surface area (Å²) in [4.78, 5) is 2.28. The van der Waals surface area contributed by atoms with Crippen LogP contribution in [0, 0.1) is 18.3 Å². The molecule has 2 aromatic carbocycles. The predicted octanol–water partition coefficient (Wildman–Crippen LogP) is 3.27. The average molecular weight is 294 g/mol. The van der Waals surface area contributed by atoms with Gasteiger partial charge in [0.15, 0.2) is 0 Å². The normalized spacial score (nSPS) is 13.0. The summed E-state index contributed by atoms with van der Waals surface area (Å²) in [6.45, 7) is 4.30. The van der Waals surface area contributed by atoms with Gasteiger partial charge in [-0.3, -0.25) is 0 Å². The monoisotopic (exact) mass is 294 g/mol. The quantitative estimate of drug-likeness (QED) is 0.871. The van der Waals surface area contributed by atoms with Crippen molar-refractivity contribution in [2.45, 2.75) is 13.5 Å². The third-order valence-corrected chi connectivity index (χ3v) is 3.85. The molecule has 0 radical (unpaired) electrons. The molecule has 0 saturated heterocycles. The number of ether oxygens (including phenoxy) is 2. The highest BCUT2D eigenvalue weighted by Crippen LogP contribution is 2.34. The molecule has 0 atom stereocenters. The van der Waals surface area contributed by atoms with Crippen molar-refractivity contribution in [1.29, 1.82) is 5.26 Å². The minimum atomic E-state index is 0.610. The van der Waals surface area contributed by atoms with Gasteiger partial charge in [0, 0.05) is 12.1 Å². The Labute approximate surface area is 130 Å². The molecule has 0 aliphatic carbocycles. The van der Waals surface area contributed by atoms with Gasteiger partial charge in [-0.15, -0.1) is 0 Å². The van der Waals surface area contributed by atoms with Crippen LogP contribution in [0.3, 0.4) is 0 Å². The lowest BCUT2D eigenvalue weighted by Gasteiger charge is -2.32. The van der Waals surface area contributed by atoms with Crippen LogP contribution < -0.4 is 14.4 Å². The number of anilines is 1. The molecule has 3 rings (SSSR count). The van der Waals surface area contributed by atoms with E-state index in [2.05, 4.69) is 36.1 Å². The number of methoxy groups -OCH3 is 1. The summed E-state index contributed by atoms with van der Waals surface area (Å²) in [5, 5.41) is 8.99. The fraction of sp³-hybridized carbons (Fsp3) is 0.278. The summed E-state index contributed by atoms with van der Waals surface area (Å²) < 4.78 is 11.2. The number of aryl methyl sites for hydroxylation is 1. The Hall–Kier alpha value is -2.67. The maximum absolute atomic E-state index is 8.99. The van der Waals surface area contributed by atoms with E-state index >= 15 is 0 Å². The minimum Gasteiger partial charge on any atom is -0.496 e. The van der Waals surface area contributed by atoms with Gasteiger partial charge >= 0.3 is 0 Å². The molecular weight excluding hydrogens is 276 g/mol. The van der Waals surface area contributed by atoms with Gasteiger partial charge in [0.25, 0.3) is 0 Å². The molecular formula is C18H18N2O2. The zero-order chi connectivity index (χ0) is 15.5. The number of nitriles is 1. The molecule has 4 heteroatoms. The second-order valence-electron chi connectivity index (χ2n) is 5.38. The van der Waals surface area contributed by atoms with E-state index in [9.17, 15) is 0 Å². The van der Waals surface area contributed by atoms with Crippen LogP contribution in [-0.4, -0.2) is 20.3 Å². The van der Waals surface area contributed by atoms with Crippen molar-refractivity contribution >= 4 is 5.69 Å². The van der Waals surface area contributed by atoms with Crippen molar-refractivity contribution in [2.75, 3.05) is 25.2 Å². The Morgan fingerprint density at radius 3 is 2.91 bits per heavy atom. The van der Waals surface area contributed by atoms with Crippen LogP contribution in [0.5, 0.6) is 11.5 Å². The minimum absolute atomic E-state index is 0.610. The molecule has 22 heavy (non-hydrogen) atoms. The molecule has 0 amide bonds. The third-order valence-electron chi connectivity index (χ3n) is 3.85. The van der Waals surface area contributed by atoms with Gasteiger partial charge in [-0.2, -0.15) is 5.26 Å². The Morgan fingerprint density at radius 2 is 2.14 bits per heavy atom. The number of benzene rings is 2. The lowest BCUT2D eigenvalue weighted by Crippen LogP contribution is -2.32. The smallest absolute Gasteiger partial charge is 0.142 e. The van der Waals surface area contributed by atoms with E-state index in [1.165, 1.54) is 5.56 Å². The SMILES string of the molecule is COc1cc(C#N)ccc1CN1CCOc2cc(C)ccc21. The van der Waals surface area contributed by atoms with Gasteiger partial charge in [0.1, 0.15) is 18.1 Å². The van der Waals surface area contributed by atoms with Crippen LogP contribution in [0.4, 0.5) is 5.69 Å². The summed E-state index contributed by atoms with van der Waals surface area (Å²) in [5.41, 5.74) is 3.97. The maximum atomic E-state index is 8.99. The van der Waals surface area contributed by atoms with Crippen LogP contribution in [0.25, 0.3) is 0 Å². The largest absolute Gasteiger partial charge is 0.496 e. The fourth-order valence-corrected chi connectivity index (χ4v) is 2.70. The fourth-order valence-electron chi connectivity index (χ4n) is 2.70. The summed E-state index contributed by atoms with van der Waals surface area (Å²) >= 11 is 0. The highest BCUT2D eigenvalue weighted by molar-refractivity contribution is 5.61. The first-order valence-corrected chi connectivity index (χ1v) is 7.26. The maximum Gasteiger partial charge on any atom is 0.142 e. The first-order chi connectivity index (χ1) is 10.7. The first-order valence-electron chi connectivity index (χ1n) is 7.26. The Bertz CT molecular complexity index is 734. The molecule has 0 fully saturated rings. The second kappa shape index (κ2) is 5.98. The van der Waals surface area contributed by atoms with Crippen LogP contribution in [0.15, 0.2) is 36.4 Å². The van der Waals surface area contributed by atoms with E-state index in [0.717, 1.165) is 35.8 Å². The highest BCUT2D eigenvalue weighted by atomic mass is 16.5. The highest BCUT2D eigenvalue weighted by Gasteiger charge is 2.19. The van der Waals surface area contributed by atoms with Gasteiger partial charge in [-0.05, 0) is 36.8 Å². The van der Waals surface area contributed by atoms with Crippen LogP contribution in [0.1, 0.15) is 16.7 Å². The Kier molecular flexibility index (Phi) is 3.88. The van der Waals surface area contributed by atoms with Crippen molar-refractivity contribution < 1.29 is 9.47 Å². The summed E-state index contributed by atoms with van der Waals surface area (Å²) in [7, 11) is 1.64. The van der Waals surface area contributed by atoms with Gasteiger partial charge < -0.3 is 14.4 Å². The molecule has 0 bridgehead atoms. The lowest BCUT2D eigenvalue weighted by atomic mass is 10.1. The molecule has 112 valence electrons. The number of hydrogen-bond donors (Lipinski definition) is 0. The number of rotatable bonds is 3. The Balaban J connectivity index is 1.91. The van der Waals surface area contributed by atoms with Crippen LogP contribution in [0.2, 0.25) is 0 Å². The number of nitrogens with zero attached hydrogens (tertiary/aromatic N) is 2. The zero-order valence-electron chi connectivity index (χ0n) is 12.8. The molecule has 1 aliphatic rings.